The molecule has 0 aromatic carbocycles. The first-order valence-electron chi connectivity index (χ1n) is 5.32. The molecule has 0 saturated carbocycles. The molecule has 1 fully saturated rings. The maximum absolute atomic E-state index is 11.7. The number of esters is 2. The SMILES string of the molecule is CC(=O)OC[C@H]1O[C@@H](C#N)CC(=O)[C@@H]1OC(C)=O. The molecule has 1 saturated heterocycles. The van der Waals surface area contributed by atoms with Crippen molar-refractivity contribution in [3.8, 4) is 6.07 Å². The molecule has 18 heavy (non-hydrogen) atoms. The zero-order valence-corrected chi connectivity index (χ0v) is 10.0. The van der Waals surface area contributed by atoms with Crippen molar-refractivity contribution in [2.45, 2.75) is 38.6 Å². The molecular weight excluding hydrogens is 242 g/mol. The van der Waals surface area contributed by atoms with Gasteiger partial charge in [0.15, 0.2) is 18.0 Å². The Labute approximate surface area is 104 Å². The van der Waals surface area contributed by atoms with Crippen LogP contribution in [0.25, 0.3) is 0 Å². The Morgan fingerprint density at radius 2 is 2.11 bits per heavy atom. The Morgan fingerprint density at radius 1 is 1.44 bits per heavy atom. The summed E-state index contributed by atoms with van der Waals surface area (Å²) in [6.45, 7) is 2.12. The Morgan fingerprint density at radius 3 is 2.61 bits per heavy atom. The molecule has 0 radical (unpaired) electrons. The first kappa shape index (κ1) is 14.1. The summed E-state index contributed by atoms with van der Waals surface area (Å²) in [5, 5.41) is 8.73. The number of carbonyl (C=O) groups is 3. The molecule has 0 bridgehead atoms. The van der Waals surface area contributed by atoms with Crippen LogP contribution in [0, 0.1) is 11.3 Å². The molecule has 98 valence electrons. The van der Waals surface area contributed by atoms with Crippen LogP contribution in [0.4, 0.5) is 0 Å². The molecule has 0 aromatic heterocycles. The number of Topliss-reactive ketones (excluding diaryl/α,β-unsaturated/α-hetero) is 1. The normalized spacial score (nSPS) is 27.2. The van der Waals surface area contributed by atoms with Crippen molar-refractivity contribution in [3.05, 3.63) is 0 Å². The largest absolute Gasteiger partial charge is 0.463 e. The quantitative estimate of drug-likeness (QED) is 0.639. The molecule has 0 amide bonds. The van der Waals surface area contributed by atoms with Gasteiger partial charge in [0, 0.05) is 13.8 Å². The summed E-state index contributed by atoms with van der Waals surface area (Å²) < 4.78 is 14.8. The highest BCUT2D eigenvalue weighted by Gasteiger charge is 2.40. The van der Waals surface area contributed by atoms with Gasteiger partial charge in [0.2, 0.25) is 0 Å². The van der Waals surface area contributed by atoms with E-state index in [1.807, 2.05) is 0 Å². The lowest BCUT2D eigenvalue weighted by Crippen LogP contribution is -2.49. The van der Waals surface area contributed by atoms with Gasteiger partial charge in [0.05, 0.1) is 12.5 Å². The van der Waals surface area contributed by atoms with Crippen LogP contribution in [0.2, 0.25) is 0 Å². The number of carbonyl (C=O) groups excluding carboxylic acids is 3. The Hall–Kier alpha value is -1.94. The summed E-state index contributed by atoms with van der Waals surface area (Å²) in [5.74, 6) is -1.60. The van der Waals surface area contributed by atoms with Crippen molar-refractivity contribution in [3.63, 3.8) is 0 Å². The molecule has 1 aliphatic heterocycles. The average molecular weight is 255 g/mol. The fraction of sp³-hybridized carbons (Fsp3) is 0.636. The molecule has 1 rings (SSSR count). The van der Waals surface area contributed by atoms with E-state index in [2.05, 4.69) is 0 Å². The van der Waals surface area contributed by atoms with E-state index in [-0.39, 0.29) is 13.0 Å². The van der Waals surface area contributed by atoms with Gasteiger partial charge in [-0.1, -0.05) is 0 Å². The summed E-state index contributed by atoms with van der Waals surface area (Å²) in [5.41, 5.74) is 0. The highest BCUT2D eigenvalue weighted by Crippen LogP contribution is 2.20. The van der Waals surface area contributed by atoms with E-state index in [1.165, 1.54) is 6.92 Å². The number of hydrogen-bond acceptors (Lipinski definition) is 7. The van der Waals surface area contributed by atoms with Crippen LogP contribution in [0.5, 0.6) is 0 Å². The summed E-state index contributed by atoms with van der Waals surface area (Å²) in [6.07, 6.45) is -3.13. The topological polar surface area (TPSA) is 103 Å². The minimum Gasteiger partial charge on any atom is -0.463 e. The van der Waals surface area contributed by atoms with Crippen LogP contribution in [-0.2, 0) is 28.6 Å². The van der Waals surface area contributed by atoms with Gasteiger partial charge in [0.25, 0.3) is 0 Å². The second kappa shape index (κ2) is 6.12. The second-order valence-corrected chi connectivity index (χ2v) is 3.80. The summed E-state index contributed by atoms with van der Waals surface area (Å²) >= 11 is 0. The minimum absolute atomic E-state index is 0.148. The van der Waals surface area contributed by atoms with Gasteiger partial charge in [-0.25, -0.2) is 0 Å². The Bertz CT molecular complexity index is 399. The van der Waals surface area contributed by atoms with Gasteiger partial charge in [-0.3, -0.25) is 14.4 Å². The van der Waals surface area contributed by atoms with Crippen LogP contribution in [0.3, 0.4) is 0 Å². The van der Waals surface area contributed by atoms with Crippen LogP contribution in [0.15, 0.2) is 0 Å². The van der Waals surface area contributed by atoms with Gasteiger partial charge >= 0.3 is 11.9 Å². The van der Waals surface area contributed by atoms with Gasteiger partial charge < -0.3 is 14.2 Å². The van der Waals surface area contributed by atoms with Crippen LogP contribution in [-0.4, -0.2) is 42.6 Å². The van der Waals surface area contributed by atoms with Crippen LogP contribution >= 0.6 is 0 Å². The van der Waals surface area contributed by atoms with E-state index in [0.717, 1.165) is 6.92 Å². The van der Waals surface area contributed by atoms with Crippen LogP contribution < -0.4 is 0 Å². The molecule has 1 heterocycles. The monoisotopic (exact) mass is 255 g/mol. The Kier molecular flexibility index (Phi) is 4.80. The fourth-order valence-corrected chi connectivity index (χ4v) is 1.56. The highest BCUT2D eigenvalue weighted by molar-refractivity contribution is 5.87. The standard InChI is InChI=1S/C11H13NO6/c1-6(13)16-5-10-11(17-7(2)14)9(15)3-8(4-12)18-10/h8,10-11H,3,5H2,1-2H3/t8-,10-,11+/m1/s1. The number of hydrogen-bond donors (Lipinski definition) is 0. The number of nitrogens with zero attached hydrogens (tertiary/aromatic N) is 1. The first-order valence-corrected chi connectivity index (χ1v) is 5.32. The maximum atomic E-state index is 11.7. The fourth-order valence-electron chi connectivity index (χ4n) is 1.56. The maximum Gasteiger partial charge on any atom is 0.303 e. The van der Waals surface area contributed by atoms with E-state index < -0.39 is 36.0 Å². The molecule has 0 spiro atoms. The van der Waals surface area contributed by atoms with E-state index in [9.17, 15) is 14.4 Å². The zero-order chi connectivity index (χ0) is 13.7. The molecule has 0 aliphatic carbocycles. The van der Waals surface area contributed by atoms with Crippen molar-refractivity contribution < 1.29 is 28.6 Å². The van der Waals surface area contributed by atoms with Gasteiger partial charge in [-0.05, 0) is 0 Å². The highest BCUT2D eigenvalue weighted by atomic mass is 16.6. The molecule has 3 atom stereocenters. The zero-order valence-electron chi connectivity index (χ0n) is 10.0. The predicted octanol–water partition coefficient (Wildman–Crippen LogP) is -0.269. The average Bonchev–Trinajstić information content (AvgIpc) is 2.29. The third-order valence-electron chi connectivity index (χ3n) is 2.27. The van der Waals surface area contributed by atoms with Gasteiger partial charge in [-0.15, -0.1) is 0 Å². The van der Waals surface area contributed by atoms with E-state index in [0.29, 0.717) is 0 Å². The molecule has 1 aliphatic rings. The van der Waals surface area contributed by atoms with Gasteiger partial charge in [0.1, 0.15) is 12.7 Å². The van der Waals surface area contributed by atoms with E-state index in [4.69, 9.17) is 19.5 Å². The van der Waals surface area contributed by atoms with E-state index in [1.54, 1.807) is 6.07 Å². The lowest BCUT2D eigenvalue weighted by molar-refractivity contribution is -0.181. The summed E-state index contributed by atoms with van der Waals surface area (Å²) in [7, 11) is 0. The number of nitriles is 1. The van der Waals surface area contributed by atoms with Crippen molar-refractivity contribution >= 4 is 17.7 Å². The third-order valence-corrected chi connectivity index (χ3v) is 2.27. The first-order chi connectivity index (χ1) is 8.43. The third kappa shape index (κ3) is 3.82. The lowest BCUT2D eigenvalue weighted by Gasteiger charge is -2.31. The molecule has 0 unspecified atom stereocenters. The molecule has 7 heteroatoms. The van der Waals surface area contributed by atoms with Gasteiger partial charge in [-0.2, -0.15) is 5.26 Å². The smallest absolute Gasteiger partial charge is 0.303 e. The Balaban J connectivity index is 2.75. The van der Waals surface area contributed by atoms with Crippen molar-refractivity contribution in [1.82, 2.24) is 0 Å². The van der Waals surface area contributed by atoms with Crippen molar-refractivity contribution in [2.75, 3.05) is 6.61 Å². The molecule has 7 nitrogen and oxygen atoms in total. The lowest BCUT2D eigenvalue weighted by atomic mass is 10.00. The molecule has 0 aromatic rings. The summed E-state index contributed by atoms with van der Waals surface area (Å²) in [4.78, 5) is 33.3. The number of ether oxygens (including phenoxy) is 3. The molecule has 0 N–H and O–H groups in total. The van der Waals surface area contributed by atoms with Crippen LogP contribution in [0.1, 0.15) is 20.3 Å². The predicted molar refractivity (Wildman–Crippen MR) is 56.1 cm³/mol. The number of ketones is 1. The molecular formula is C11H13NO6. The number of rotatable bonds is 3. The summed E-state index contributed by atoms with van der Waals surface area (Å²) in [6, 6.07) is 1.80. The van der Waals surface area contributed by atoms with Crippen molar-refractivity contribution in [1.29, 1.82) is 5.26 Å². The van der Waals surface area contributed by atoms with E-state index >= 15 is 0 Å². The van der Waals surface area contributed by atoms with Crippen molar-refractivity contribution in [2.24, 2.45) is 0 Å². The second-order valence-electron chi connectivity index (χ2n) is 3.80. The minimum atomic E-state index is -1.13.